The molecule has 0 saturated heterocycles. The normalized spacial score (nSPS) is 15.3. The Bertz CT molecular complexity index is 500. The van der Waals surface area contributed by atoms with Gasteiger partial charge in [0.15, 0.2) is 0 Å². The van der Waals surface area contributed by atoms with E-state index in [4.69, 9.17) is 11.6 Å². The lowest BCUT2D eigenvalue weighted by Crippen LogP contribution is -2.38. The first-order chi connectivity index (χ1) is 10.0. The van der Waals surface area contributed by atoms with Crippen LogP contribution in [0.2, 0.25) is 5.02 Å². The van der Waals surface area contributed by atoms with E-state index in [1.165, 1.54) is 12.8 Å². The quantitative estimate of drug-likeness (QED) is 0.712. The van der Waals surface area contributed by atoms with Crippen molar-refractivity contribution in [3.05, 3.63) is 34.9 Å². The Labute approximate surface area is 128 Å². The van der Waals surface area contributed by atoms with Gasteiger partial charge >= 0.3 is 0 Å². The fraction of sp³-hybridized carbons (Fsp3) is 0.467. The zero-order chi connectivity index (χ0) is 15.2. The zero-order valence-electron chi connectivity index (χ0n) is 11.6. The summed E-state index contributed by atoms with van der Waals surface area (Å²) in [6.45, 7) is 0.626. The minimum absolute atomic E-state index is 0.0567. The smallest absolute Gasteiger partial charge is 0.239 e. The van der Waals surface area contributed by atoms with Gasteiger partial charge in [-0.05, 0) is 36.5 Å². The van der Waals surface area contributed by atoms with E-state index < -0.39 is 6.10 Å². The van der Waals surface area contributed by atoms with Crippen LogP contribution in [0.3, 0.4) is 0 Å². The van der Waals surface area contributed by atoms with E-state index in [0.717, 1.165) is 0 Å². The van der Waals surface area contributed by atoms with Gasteiger partial charge in [-0.15, -0.1) is 0 Å². The Morgan fingerprint density at radius 3 is 2.48 bits per heavy atom. The largest absolute Gasteiger partial charge is 0.388 e. The fourth-order valence-electron chi connectivity index (χ4n) is 1.87. The van der Waals surface area contributed by atoms with E-state index in [9.17, 15) is 14.7 Å². The molecule has 1 unspecified atom stereocenters. The minimum atomic E-state index is -0.906. The molecular formula is C15H19ClN2O3. The number of benzene rings is 1. The average molecular weight is 311 g/mol. The Morgan fingerprint density at radius 1 is 1.19 bits per heavy atom. The van der Waals surface area contributed by atoms with Crippen molar-refractivity contribution in [2.24, 2.45) is 5.92 Å². The van der Waals surface area contributed by atoms with Gasteiger partial charge in [0.2, 0.25) is 11.8 Å². The van der Waals surface area contributed by atoms with E-state index >= 15 is 0 Å². The second-order valence-electron chi connectivity index (χ2n) is 5.30. The van der Waals surface area contributed by atoms with Crippen LogP contribution in [0, 0.1) is 5.92 Å². The number of halogens is 1. The van der Waals surface area contributed by atoms with Crippen LogP contribution in [0.15, 0.2) is 24.3 Å². The van der Waals surface area contributed by atoms with Crippen LogP contribution >= 0.6 is 11.6 Å². The van der Waals surface area contributed by atoms with Gasteiger partial charge in [-0.3, -0.25) is 9.59 Å². The van der Waals surface area contributed by atoms with Crippen molar-refractivity contribution in [2.45, 2.75) is 25.4 Å². The summed E-state index contributed by atoms with van der Waals surface area (Å²) in [6, 6.07) is 6.65. The van der Waals surface area contributed by atoms with Gasteiger partial charge in [0.05, 0.1) is 19.1 Å². The van der Waals surface area contributed by atoms with Crippen molar-refractivity contribution in [1.29, 1.82) is 0 Å². The summed E-state index contributed by atoms with van der Waals surface area (Å²) in [7, 11) is 0. The van der Waals surface area contributed by atoms with E-state index in [2.05, 4.69) is 10.6 Å². The Morgan fingerprint density at radius 2 is 1.86 bits per heavy atom. The first-order valence-corrected chi connectivity index (χ1v) is 7.39. The van der Waals surface area contributed by atoms with Crippen molar-refractivity contribution in [3.63, 3.8) is 0 Å². The molecule has 114 valence electrons. The van der Waals surface area contributed by atoms with Crippen LogP contribution in [0.1, 0.15) is 30.9 Å². The highest BCUT2D eigenvalue weighted by Gasteiger charge is 2.21. The summed E-state index contributed by atoms with van der Waals surface area (Å²) in [5.41, 5.74) is 0.618. The average Bonchev–Trinajstić information content (AvgIpc) is 3.27. The van der Waals surface area contributed by atoms with Crippen LogP contribution in [0.4, 0.5) is 0 Å². The molecule has 2 amide bonds. The molecule has 1 aliphatic carbocycles. The van der Waals surface area contributed by atoms with Crippen LogP contribution in [0.5, 0.6) is 0 Å². The number of aliphatic hydroxyl groups is 1. The summed E-state index contributed by atoms with van der Waals surface area (Å²) in [6.07, 6.45) is 1.34. The first kappa shape index (κ1) is 15.8. The van der Waals surface area contributed by atoms with E-state index in [1.54, 1.807) is 24.3 Å². The lowest BCUT2D eigenvalue weighted by Gasteiger charge is -2.11. The van der Waals surface area contributed by atoms with Gasteiger partial charge in [-0.2, -0.15) is 0 Å². The SMILES string of the molecule is O=C(CNC(=O)CC(O)c1ccc(Cl)cc1)NCC1CC1. The maximum absolute atomic E-state index is 11.7. The van der Waals surface area contributed by atoms with Crippen molar-refractivity contribution in [3.8, 4) is 0 Å². The standard InChI is InChI=1S/C15H19ClN2O3/c16-12-5-3-11(4-6-12)13(19)7-14(20)18-9-15(21)17-8-10-1-2-10/h3-6,10,13,19H,1-2,7-9H2,(H,17,21)(H,18,20). The van der Waals surface area contributed by atoms with Gasteiger partial charge < -0.3 is 15.7 Å². The Hall–Kier alpha value is -1.59. The predicted molar refractivity (Wildman–Crippen MR) is 79.8 cm³/mol. The lowest BCUT2D eigenvalue weighted by atomic mass is 10.1. The highest BCUT2D eigenvalue weighted by atomic mass is 35.5. The van der Waals surface area contributed by atoms with Crippen LogP contribution in [0.25, 0.3) is 0 Å². The molecule has 0 aromatic heterocycles. The number of amides is 2. The van der Waals surface area contributed by atoms with Crippen LogP contribution in [-0.2, 0) is 9.59 Å². The van der Waals surface area contributed by atoms with Crippen LogP contribution in [-0.4, -0.2) is 30.0 Å². The second kappa shape index (κ2) is 7.43. The lowest BCUT2D eigenvalue weighted by molar-refractivity contribution is -0.127. The van der Waals surface area contributed by atoms with E-state index in [1.807, 2.05) is 0 Å². The molecule has 1 fully saturated rings. The predicted octanol–water partition coefficient (Wildman–Crippen LogP) is 1.41. The molecule has 1 aliphatic rings. The van der Waals surface area contributed by atoms with Crippen molar-refractivity contribution in [2.75, 3.05) is 13.1 Å². The minimum Gasteiger partial charge on any atom is -0.388 e. The van der Waals surface area contributed by atoms with Crippen LogP contribution < -0.4 is 10.6 Å². The third kappa shape index (κ3) is 5.73. The molecule has 21 heavy (non-hydrogen) atoms. The molecule has 1 aromatic carbocycles. The van der Waals surface area contributed by atoms with Gasteiger partial charge in [0, 0.05) is 11.6 Å². The topological polar surface area (TPSA) is 78.4 Å². The molecule has 1 saturated carbocycles. The molecule has 2 rings (SSSR count). The van der Waals surface area contributed by atoms with Gasteiger partial charge in [-0.1, -0.05) is 23.7 Å². The third-order valence-electron chi connectivity index (χ3n) is 3.36. The maximum atomic E-state index is 11.7. The zero-order valence-corrected chi connectivity index (χ0v) is 12.4. The summed E-state index contributed by atoms with van der Waals surface area (Å²) in [5, 5.41) is 15.8. The fourth-order valence-corrected chi connectivity index (χ4v) is 2.00. The number of hydrogen-bond acceptors (Lipinski definition) is 3. The molecule has 1 atom stereocenters. The van der Waals surface area contributed by atoms with Gasteiger partial charge in [0.1, 0.15) is 0 Å². The van der Waals surface area contributed by atoms with Crippen molar-refractivity contribution < 1.29 is 14.7 Å². The van der Waals surface area contributed by atoms with Gasteiger partial charge in [-0.25, -0.2) is 0 Å². The number of carbonyl (C=O) groups is 2. The number of rotatable bonds is 7. The molecule has 0 radical (unpaired) electrons. The molecule has 0 spiro atoms. The molecule has 0 aliphatic heterocycles. The number of hydrogen-bond donors (Lipinski definition) is 3. The van der Waals surface area contributed by atoms with E-state index in [-0.39, 0.29) is 24.8 Å². The number of aliphatic hydroxyl groups excluding tert-OH is 1. The molecular weight excluding hydrogens is 292 g/mol. The van der Waals surface area contributed by atoms with Gasteiger partial charge in [0.25, 0.3) is 0 Å². The Kier molecular flexibility index (Phi) is 5.59. The number of carbonyl (C=O) groups excluding carboxylic acids is 2. The first-order valence-electron chi connectivity index (χ1n) is 7.01. The summed E-state index contributed by atoms with van der Waals surface area (Å²) in [4.78, 5) is 23.1. The molecule has 1 aromatic rings. The molecule has 5 nitrogen and oxygen atoms in total. The maximum Gasteiger partial charge on any atom is 0.239 e. The monoisotopic (exact) mass is 310 g/mol. The summed E-state index contributed by atoms with van der Waals surface area (Å²) in [5.74, 6) is 0.0478. The van der Waals surface area contributed by atoms with E-state index in [0.29, 0.717) is 23.0 Å². The second-order valence-corrected chi connectivity index (χ2v) is 5.73. The molecule has 6 heteroatoms. The molecule has 3 N–H and O–H groups in total. The molecule has 0 bridgehead atoms. The Balaban J connectivity index is 1.68. The highest BCUT2D eigenvalue weighted by molar-refractivity contribution is 6.30. The third-order valence-corrected chi connectivity index (χ3v) is 3.62. The highest BCUT2D eigenvalue weighted by Crippen LogP contribution is 2.27. The number of nitrogens with one attached hydrogen (secondary N) is 2. The van der Waals surface area contributed by atoms with Crippen molar-refractivity contribution >= 4 is 23.4 Å². The summed E-state index contributed by atoms with van der Waals surface area (Å²) < 4.78 is 0. The molecule has 0 heterocycles. The van der Waals surface area contributed by atoms with Crippen molar-refractivity contribution in [1.82, 2.24) is 10.6 Å². The summed E-state index contributed by atoms with van der Waals surface area (Å²) >= 11 is 5.76.